The Labute approximate surface area is 72.5 Å². The van der Waals surface area contributed by atoms with Crippen LogP contribution >= 0.6 is 0 Å². The SMILES string of the molecule is COC(=O)C=CC(C)=NN(C)C. The van der Waals surface area contributed by atoms with Gasteiger partial charge in [-0.15, -0.1) is 0 Å². The highest BCUT2D eigenvalue weighted by atomic mass is 16.5. The Morgan fingerprint density at radius 1 is 1.42 bits per heavy atom. The lowest BCUT2D eigenvalue weighted by Gasteiger charge is -2.03. The molecule has 4 heteroatoms. The molecule has 0 unspecified atom stereocenters. The molecule has 0 heterocycles. The molecule has 12 heavy (non-hydrogen) atoms. The molecule has 0 bridgehead atoms. The van der Waals surface area contributed by atoms with E-state index in [0.29, 0.717) is 0 Å². The molecule has 0 atom stereocenters. The van der Waals surface area contributed by atoms with E-state index in [4.69, 9.17) is 0 Å². The number of rotatable bonds is 3. The van der Waals surface area contributed by atoms with Crippen molar-refractivity contribution in [2.75, 3.05) is 21.2 Å². The van der Waals surface area contributed by atoms with Gasteiger partial charge in [-0.2, -0.15) is 5.10 Å². The number of ether oxygens (including phenoxy) is 1. The lowest BCUT2D eigenvalue weighted by atomic mass is 10.4. The Morgan fingerprint density at radius 2 is 2.00 bits per heavy atom. The van der Waals surface area contributed by atoms with E-state index < -0.39 is 0 Å². The molecule has 0 saturated carbocycles. The van der Waals surface area contributed by atoms with Crippen molar-refractivity contribution >= 4 is 11.7 Å². The summed E-state index contributed by atoms with van der Waals surface area (Å²) in [5.74, 6) is -0.372. The number of carbonyl (C=O) groups excluding carboxylic acids is 1. The van der Waals surface area contributed by atoms with E-state index in [0.717, 1.165) is 5.71 Å². The summed E-state index contributed by atoms with van der Waals surface area (Å²) in [7, 11) is 4.97. The zero-order chi connectivity index (χ0) is 9.56. The van der Waals surface area contributed by atoms with Gasteiger partial charge in [-0.25, -0.2) is 4.79 Å². The number of methoxy groups -OCH3 is 1. The monoisotopic (exact) mass is 170 g/mol. The van der Waals surface area contributed by atoms with Crippen LogP contribution in [-0.4, -0.2) is 37.9 Å². The molecule has 0 aromatic carbocycles. The fraction of sp³-hybridized carbons (Fsp3) is 0.500. The molecule has 0 fully saturated rings. The van der Waals surface area contributed by atoms with Crippen molar-refractivity contribution < 1.29 is 9.53 Å². The van der Waals surface area contributed by atoms with Gasteiger partial charge in [0.25, 0.3) is 0 Å². The summed E-state index contributed by atoms with van der Waals surface area (Å²) in [5, 5.41) is 5.70. The lowest BCUT2D eigenvalue weighted by Crippen LogP contribution is -2.05. The molecule has 0 radical (unpaired) electrons. The van der Waals surface area contributed by atoms with Crippen molar-refractivity contribution in [2.24, 2.45) is 5.10 Å². The molecule has 0 aliphatic heterocycles. The van der Waals surface area contributed by atoms with Crippen molar-refractivity contribution in [3.05, 3.63) is 12.2 Å². The van der Waals surface area contributed by atoms with Crippen molar-refractivity contribution in [1.29, 1.82) is 0 Å². The van der Waals surface area contributed by atoms with Crippen LogP contribution in [-0.2, 0) is 9.53 Å². The number of esters is 1. The lowest BCUT2D eigenvalue weighted by molar-refractivity contribution is -0.134. The summed E-state index contributed by atoms with van der Waals surface area (Å²) >= 11 is 0. The highest BCUT2D eigenvalue weighted by Gasteiger charge is 1.91. The Bertz CT molecular complexity index is 207. The minimum atomic E-state index is -0.372. The van der Waals surface area contributed by atoms with Gasteiger partial charge in [0.2, 0.25) is 0 Å². The Morgan fingerprint density at radius 3 is 2.42 bits per heavy atom. The maximum atomic E-state index is 10.6. The van der Waals surface area contributed by atoms with E-state index >= 15 is 0 Å². The van der Waals surface area contributed by atoms with Gasteiger partial charge >= 0.3 is 5.97 Å². The first kappa shape index (κ1) is 10.7. The summed E-state index contributed by atoms with van der Waals surface area (Å²) in [6.45, 7) is 1.80. The highest BCUT2D eigenvalue weighted by molar-refractivity contribution is 5.97. The zero-order valence-electron chi connectivity index (χ0n) is 7.87. The molecule has 68 valence electrons. The van der Waals surface area contributed by atoms with Crippen molar-refractivity contribution in [2.45, 2.75) is 6.92 Å². The van der Waals surface area contributed by atoms with E-state index in [9.17, 15) is 4.79 Å². The molecule has 0 aliphatic carbocycles. The Balaban J connectivity index is 4.07. The van der Waals surface area contributed by atoms with Crippen LogP contribution in [0.1, 0.15) is 6.92 Å². The van der Waals surface area contributed by atoms with Crippen LogP contribution in [0.4, 0.5) is 0 Å². The number of allylic oxidation sites excluding steroid dienone is 1. The molecular formula is C8H14N2O2. The molecular weight excluding hydrogens is 156 g/mol. The normalized spacial score (nSPS) is 11.8. The number of hydrazone groups is 1. The van der Waals surface area contributed by atoms with E-state index in [2.05, 4.69) is 9.84 Å². The molecule has 4 nitrogen and oxygen atoms in total. The van der Waals surface area contributed by atoms with Crippen LogP contribution in [0.25, 0.3) is 0 Å². The van der Waals surface area contributed by atoms with Gasteiger partial charge in [-0.1, -0.05) is 0 Å². The predicted molar refractivity (Wildman–Crippen MR) is 48.0 cm³/mol. The molecule has 0 aromatic heterocycles. The molecule has 0 spiro atoms. The second-order valence-electron chi connectivity index (χ2n) is 2.45. The van der Waals surface area contributed by atoms with Gasteiger partial charge in [-0.3, -0.25) is 0 Å². The average molecular weight is 170 g/mol. The molecule has 0 aromatic rings. The van der Waals surface area contributed by atoms with Gasteiger partial charge in [0, 0.05) is 20.2 Å². The fourth-order valence-electron chi connectivity index (χ4n) is 0.605. The van der Waals surface area contributed by atoms with Crippen LogP contribution in [0.3, 0.4) is 0 Å². The third-order valence-electron chi connectivity index (χ3n) is 1.02. The molecule has 0 amide bonds. The standard InChI is InChI=1S/C8H14N2O2/c1-7(9-10(2)3)5-6-8(11)12-4/h5-6H,1-4H3. The van der Waals surface area contributed by atoms with Gasteiger partial charge in [0.1, 0.15) is 0 Å². The van der Waals surface area contributed by atoms with Crippen LogP contribution < -0.4 is 0 Å². The number of hydrogen-bond acceptors (Lipinski definition) is 4. The van der Waals surface area contributed by atoms with Gasteiger partial charge in [0.15, 0.2) is 0 Å². The summed E-state index contributed by atoms with van der Waals surface area (Å²) < 4.78 is 4.41. The minimum absolute atomic E-state index is 0.372. The fourth-order valence-corrected chi connectivity index (χ4v) is 0.605. The summed E-state index contributed by atoms with van der Waals surface area (Å²) in [6, 6.07) is 0. The van der Waals surface area contributed by atoms with E-state index in [1.54, 1.807) is 18.0 Å². The topological polar surface area (TPSA) is 41.9 Å². The Kier molecular flexibility index (Phi) is 4.76. The van der Waals surface area contributed by atoms with Crippen molar-refractivity contribution in [3.63, 3.8) is 0 Å². The van der Waals surface area contributed by atoms with Crippen LogP contribution in [0.15, 0.2) is 17.3 Å². The summed E-state index contributed by atoms with van der Waals surface area (Å²) in [4.78, 5) is 10.6. The quantitative estimate of drug-likeness (QED) is 0.270. The summed E-state index contributed by atoms with van der Waals surface area (Å²) in [5.41, 5.74) is 0.755. The highest BCUT2D eigenvalue weighted by Crippen LogP contribution is 1.85. The maximum Gasteiger partial charge on any atom is 0.330 e. The number of nitrogens with zero attached hydrogens (tertiary/aromatic N) is 2. The zero-order valence-corrected chi connectivity index (χ0v) is 7.87. The number of carbonyl (C=O) groups is 1. The largest absolute Gasteiger partial charge is 0.466 e. The van der Waals surface area contributed by atoms with Crippen LogP contribution in [0, 0.1) is 0 Å². The first-order valence-electron chi connectivity index (χ1n) is 3.55. The molecule has 0 aliphatic rings. The van der Waals surface area contributed by atoms with Crippen molar-refractivity contribution in [3.8, 4) is 0 Å². The molecule has 0 saturated heterocycles. The smallest absolute Gasteiger partial charge is 0.330 e. The maximum absolute atomic E-state index is 10.6. The second kappa shape index (κ2) is 5.35. The molecule has 0 rings (SSSR count). The van der Waals surface area contributed by atoms with E-state index in [-0.39, 0.29) is 5.97 Å². The first-order valence-corrected chi connectivity index (χ1v) is 3.55. The van der Waals surface area contributed by atoms with Gasteiger partial charge < -0.3 is 9.75 Å². The minimum Gasteiger partial charge on any atom is -0.466 e. The first-order chi connectivity index (χ1) is 5.56. The van der Waals surface area contributed by atoms with E-state index in [1.807, 2.05) is 14.1 Å². The Hall–Kier alpha value is -1.32. The third kappa shape index (κ3) is 5.46. The number of hydrogen-bond donors (Lipinski definition) is 0. The van der Waals surface area contributed by atoms with Gasteiger partial charge in [0.05, 0.1) is 12.8 Å². The molecule has 0 N–H and O–H groups in total. The van der Waals surface area contributed by atoms with Gasteiger partial charge in [-0.05, 0) is 13.0 Å². The predicted octanol–water partition coefficient (Wildman–Crippen LogP) is 0.653. The third-order valence-corrected chi connectivity index (χ3v) is 1.02. The summed E-state index contributed by atoms with van der Waals surface area (Å²) in [6.07, 6.45) is 2.94. The van der Waals surface area contributed by atoms with Crippen molar-refractivity contribution in [1.82, 2.24) is 5.01 Å². The van der Waals surface area contributed by atoms with E-state index in [1.165, 1.54) is 13.2 Å². The average Bonchev–Trinajstić information content (AvgIpc) is 1.99. The second-order valence-corrected chi connectivity index (χ2v) is 2.45. The van der Waals surface area contributed by atoms with Crippen LogP contribution in [0.5, 0.6) is 0 Å². The van der Waals surface area contributed by atoms with Crippen LogP contribution in [0.2, 0.25) is 0 Å².